The van der Waals surface area contributed by atoms with Crippen LogP contribution in [-0.4, -0.2) is 7.05 Å². The maximum Gasteiger partial charge on any atom is 0.0440 e. The molecular formula is C17H21N. The van der Waals surface area contributed by atoms with Gasteiger partial charge in [0.25, 0.3) is 0 Å². The molecule has 0 amide bonds. The topological polar surface area (TPSA) is 3.24 Å². The molecule has 2 rings (SSSR count). The lowest BCUT2D eigenvalue weighted by Gasteiger charge is -2.25. The summed E-state index contributed by atoms with van der Waals surface area (Å²) in [6.07, 6.45) is 0. The molecule has 0 aliphatic heterocycles. The van der Waals surface area contributed by atoms with Crippen LogP contribution in [0.1, 0.15) is 22.3 Å². The molecule has 0 aliphatic carbocycles. The molecule has 1 heteroatoms. The zero-order chi connectivity index (χ0) is 13.3. The quantitative estimate of drug-likeness (QED) is 0.735. The van der Waals surface area contributed by atoms with Crippen molar-refractivity contribution in [2.75, 3.05) is 11.9 Å². The van der Waals surface area contributed by atoms with Gasteiger partial charge in [-0.05, 0) is 62.1 Å². The summed E-state index contributed by atoms with van der Waals surface area (Å²) in [7, 11) is 2.14. The van der Waals surface area contributed by atoms with Gasteiger partial charge in [-0.3, -0.25) is 0 Å². The summed E-state index contributed by atoms with van der Waals surface area (Å²) in [5.41, 5.74) is 7.93. The van der Waals surface area contributed by atoms with E-state index in [9.17, 15) is 0 Å². The SMILES string of the molecule is Cc1cccc(N(C)c2cccc(C)c2C)c1C. The van der Waals surface area contributed by atoms with Crippen LogP contribution in [0.2, 0.25) is 0 Å². The highest BCUT2D eigenvalue weighted by Crippen LogP contribution is 2.31. The van der Waals surface area contributed by atoms with E-state index >= 15 is 0 Å². The van der Waals surface area contributed by atoms with Crippen molar-refractivity contribution < 1.29 is 0 Å². The van der Waals surface area contributed by atoms with Crippen molar-refractivity contribution in [3.05, 3.63) is 58.7 Å². The molecule has 0 aromatic heterocycles. The third-order valence-corrected chi connectivity index (χ3v) is 3.87. The molecule has 2 aromatic carbocycles. The molecule has 94 valence electrons. The molecule has 0 unspecified atom stereocenters. The lowest BCUT2D eigenvalue weighted by Crippen LogP contribution is -2.13. The summed E-state index contributed by atoms with van der Waals surface area (Å²) in [4.78, 5) is 2.28. The van der Waals surface area contributed by atoms with E-state index in [0.717, 1.165) is 0 Å². The van der Waals surface area contributed by atoms with Crippen LogP contribution in [0.5, 0.6) is 0 Å². The van der Waals surface area contributed by atoms with E-state index in [1.54, 1.807) is 0 Å². The number of benzene rings is 2. The van der Waals surface area contributed by atoms with E-state index in [4.69, 9.17) is 0 Å². The number of rotatable bonds is 2. The Hall–Kier alpha value is -1.76. The molecule has 0 heterocycles. The van der Waals surface area contributed by atoms with Gasteiger partial charge in [0.2, 0.25) is 0 Å². The molecule has 0 saturated heterocycles. The third-order valence-electron chi connectivity index (χ3n) is 3.87. The van der Waals surface area contributed by atoms with Crippen molar-refractivity contribution in [1.29, 1.82) is 0 Å². The first-order valence-corrected chi connectivity index (χ1v) is 6.38. The summed E-state index contributed by atoms with van der Waals surface area (Å²) in [6, 6.07) is 12.9. The second kappa shape index (κ2) is 4.85. The van der Waals surface area contributed by atoms with Crippen LogP contribution in [0.3, 0.4) is 0 Å². The second-order valence-corrected chi connectivity index (χ2v) is 5.00. The summed E-state index contributed by atoms with van der Waals surface area (Å²) in [5.74, 6) is 0. The van der Waals surface area contributed by atoms with Gasteiger partial charge in [-0.2, -0.15) is 0 Å². The molecular weight excluding hydrogens is 218 g/mol. The van der Waals surface area contributed by atoms with Crippen LogP contribution in [-0.2, 0) is 0 Å². The molecule has 0 atom stereocenters. The van der Waals surface area contributed by atoms with Crippen LogP contribution < -0.4 is 4.90 Å². The zero-order valence-electron chi connectivity index (χ0n) is 11.9. The van der Waals surface area contributed by atoms with Gasteiger partial charge in [0.1, 0.15) is 0 Å². The smallest absolute Gasteiger partial charge is 0.0440 e. The van der Waals surface area contributed by atoms with E-state index in [0.29, 0.717) is 0 Å². The predicted octanol–water partition coefficient (Wildman–Crippen LogP) is 4.69. The maximum atomic E-state index is 2.28. The molecule has 2 aromatic rings. The summed E-state index contributed by atoms with van der Waals surface area (Å²) in [6.45, 7) is 8.70. The van der Waals surface area contributed by atoms with Crippen LogP contribution in [0.4, 0.5) is 11.4 Å². The van der Waals surface area contributed by atoms with Crippen molar-refractivity contribution in [1.82, 2.24) is 0 Å². The average Bonchev–Trinajstić information content (AvgIpc) is 2.35. The molecule has 0 spiro atoms. The molecule has 0 aliphatic rings. The first-order valence-electron chi connectivity index (χ1n) is 6.38. The Morgan fingerprint density at radius 3 is 1.44 bits per heavy atom. The molecule has 18 heavy (non-hydrogen) atoms. The molecule has 0 fully saturated rings. The lowest BCUT2D eigenvalue weighted by atomic mass is 10.0. The fraction of sp³-hybridized carbons (Fsp3) is 0.294. The lowest BCUT2D eigenvalue weighted by molar-refractivity contribution is 1.14. The molecule has 0 N–H and O–H groups in total. The molecule has 0 saturated carbocycles. The van der Waals surface area contributed by atoms with Crippen LogP contribution in [0, 0.1) is 27.7 Å². The summed E-state index contributed by atoms with van der Waals surface area (Å²) >= 11 is 0. The van der Waals surface area contributed by atoms with Crippen molar-refractivity contribution in [3.8, 4) is 0 Å². The first kappa shape index (κ1) is 12.7. The normalized spacial score (nSPS) is 10.5. The minimum atomic E-state index is 1.28. The van der Waals surface area contributed by atoms with Gasteiger partial charge in [0.05, 0.1) is 0 Å². The van der Waals surface area contributed by atoms with Crippen molar-refractivity contribution in [3.63, 3.8) is 0 Å². The van der Waals surface area contributed by atoms with Gasteiger partial charge in [-0.1, -0.05) is 24.3 Å². The molecule has 1 nitrogen and oxygen atoms in total. The Morgan fingerprint density at radius 2 is 1.06 bits per heavy atom. The van der Waals surface area contributed by atoms with Gasteiger partial charge in [-0.15, -0.1) is 0 Å². The minimum Gasteiger partial charge on any atom is -0.344 e. The van der Waals surface area contributed by atoms with Crippen molar-refractivity contribution >= 4 is 11.4 Å². The van der Waals surface area contributed by atoms with Crippen molar-refractivity contribution in [2.24, 2.45) is 0 Å². The standard InChI is InChI=1S/C17H21N/c1-12-8-6-10-16(14(12)3)18(5)17-11-7-9-13(2)15(17)4/h6-11H,1-5H3. The first-order chi connectivity index (χ1) is 8.52. The zero-order valence-corrected chi connectivity index (χ0v) is 11.9. The highest BCUT2D eigenvalue weighted by Gasteiger charge is 2.10. The van der Waals surface area contributed by atoms with Gasteiger partial charge in [0, 0.05) is 18.4 Å². The maximum absolute atomic E-state index is 2.28. The number of anilines is 2. The average molecular weight is 239 g/mol. The van der Waals surface area contributed by atoms with E-state index in [2.05, 4.69) is 76.0 Å². The second-order valence-electron chi connectivity index (χ2n) is 5.00. The Morgan fingerprint density at radius 1 is 0.667 bits per heavy atom. The fourth-order valence-corrected chi connectivity index (χ4v) is 2.33. The van der Waals surface area contributed by atoms with E-state index in [-0.39, 0.29) is 0 Å². The Balaban J connectivity index is 2.51. The van der Waals surface area contributed by atoms with Crippen LogP contribution in [0.25, 0.3) is 0 Å². The predicted molar refractivity (Wildman–Crippen MR) is 79.9 cm³/mol. The fourth-order valence-electron chi connectivity index (χ4n) is 2.33. The van der Waals surface area contributed by atoms with E-state index in [1.165, 1.54) is 33.6 Å². The van der Waals surface area contributed by atoms with Gasteiger partial charge < -0.3 is 4.90 Å². The number of aryl methyl sites for hydroxylation is 2. The van der Waals surface area contributed by atoms with Gasteiger partial charge >= 0.3 is 0 Å². The van der Waals surface area contributed by atoms with Gasteiger partial charge in [-0.25, -0.2) is 0 Å². The Labute approximate surface area is 110 Å². The molecule has 0 radical (unpaired) electrons. The number of nitrogens with zero attached hydrogens (tertiary/aromatic N) is 1. The monoisotopic (exact) mass is 239 g/mol. The van der Waals surface area contributed by atoms with Crippen LogP contribution >= 0.6 is 0 Å². The number of hydrogen-bond acceptors (Lipinski definition) is 1. The number of hydrogen-bond donors (Lipinski definition) is 0. The largest absolute Gasteiger partial charge is 0.344 e. The third kappa shape index (κ3) is 2.13. The Kier molecular flexibility index (Phi) is 3.42. The highest BCUT2D eigenvalue weighted by atomic mass is 15.1. The Bertz CT molecular complexity index is 518. The van der Waals surface area contributed by atoms with Crippen LogP contribution in [0.15, 0.2) is 36.4 Å². The summed E-state index contributed by atoms with van der Waals surface area (Å²) < 4.78 is 0. The molecule has 0 bridgehead atoms. The van der Waals surface area contributed by atoms with E-state index in [1.807, 2.05) is 0 Å². The summed E-state index contributed by atoms with van der Waals surface area (Å²) in [5, 5.41) is 0. The van der Waals surface area contributed by atoms with Crippen molar-refractivity contribution in [2.45, 2.75) is 27.7 Å². The minimum absolute atomic E-state index is 1.28. The van der Waals surface area contributed by atoms with Gasteiger partial charge in [0.15, 0.2) is 0 Å². The van der Waals surface area contributed by atoms with E-state index < -0.39 is 0 Å². The highest BCUT2D eigenvalue weighted by molar-refractivity contribution is 5.69.